The van der Waals surface area contributed by atoms with Gasteiger partial charge in [-0.05, 0) is 17.4 Å². The molecule has 0 spiro atoms. The summed E-state index contributed by atoms with van der Waals surface area (Å²) in [7, 11) is 1.83. The summed E-state index contributed by atoms with van der Waals surface area (Å²) in [4.78, 5) is 19.2. The summed E-state index contributed by atoms with van der Waals surface area (Å²) in [5.74, 6) is 0.814. The Morgan fingerprint density at radius 1 is 1.04 bits per heavy atom. The summed E-state index contributed by atoms with van der Waals surface area (Å²) >= 11 is 0. The van der Waals surface area contributed by atoms with Crippen LogP contribution in [0.2, 0.25) is 0 Å². The molecule has 0 aliphatic carbocycles. The fourth-order valence-electron chi connectivity index (χ4n) is 2.88. The van der Waals surface area contributed by atoms with Gasteiger partial charge in [0.1, 0.15) is 5.82 Å². The Morgan fingerprint density at radius 2 is 1.72 bits per heavy atom. The standard InChI is InChI=1S/C21H23N3O/c1-3-13-22-20-18-12-8-7-11-17(18)19(14-23-20)21(25)24(2)15-16-9-5-4-6-10-16/h4-12,14H,3,13,15H2,1-2H3,(H,22,23). The van der Waals surface area contributed by atoms with Crippen LogP contribution in [-0.4, -0.2) is 29.4 Å². The summed E-state index contributed by atoms with van der Waals surface area (Å²) in [5.41, 5.74) is 1.74. The van der Waals surface area contributed by atoms with E-state index in [0.29, 0.717) is 12.1 Å². The van der Waals surface area contributed by atoms with Crippen molar-refractivity contribution in [2.45, 2.75) is 19.9 Å². The zero-order valence-corrected chi connectivity index (χ0v) is 14.7. The van der Waals surface area contributed by atoms with Crippen LogP contribution in [0, 0.1) is 0 Å². The van der Waals surface area contributed by atoms with Crippen molar-refractivity contribution in [1.82, 2.24) is 9.88 Å². The largest absolute Gasteiger partial charge is 0.370 e. The summed E-state index contributed by atoms with van der Waals surface area (Å²) < 4.78 is 0. The number of pyridine rings is 1. The molecule has 0 saturated heterocycles. The molecule has 1 aromatic heterocycles. The molecular weight excluding hydrogens is 310 g/mol. The molecule has 0 saturated carbocycles. The molecule has 2 aromatic carbocycles. The van der Waals surface area contributed by atoms with Crippen molar-refractivity contribution in [1.29, 1.82) is 0 Å². The van der Waals surface area contributed by atoms with E-state index in [1.54, 1.807) is 11.1 Å². The Hall–Kier alpha value is -2.88. The van der Waals surface area contributed by atoms with Gasteiger partial charge >= 0.3 is 0 Å². The molecule has 0 unspecified atom stereocenters. The number of aromatic nitrogens is 1. The highest BCUT2D eigenvalue weighted by Gasteiger charge is 2.17. The fraction of sp³-hybridized carbons (Fsp3) is 0.238. The average molecular weight is 333 g/mol. The van der Waals surface area contributed by atoms with Crippen molar-refractivity contribution in [3.63, 3.8) is 0 Å². The van der Waals surface area contributed by atoms with E-state index in [-0.39, 0.29) is 5.91 Å². The number of nitrogens with one attached hydrogen (secondary N) is 1. The van der Waals surface area contributed by atoms with E-state index < -0.39 is 0 Å². The van der Waals surface area contributed by atoms with Gasteiger partial charge in [0.25, 0.3) is 5.91 Å². The molecule has 4 heteroatoms. The minimum Gasteiger partial charge on any atom is -0.370 e. The Bertz CT molecular complexity index is 861. The van der Waals surface area contributed by atoms with E-state index in [4.69, 9.17) is 0 Å². The third kappa shape index (κ3) is 3.79. The number of amides is 1. The molecule has 1 N–H and O–H groups in total. The second-order valence-corrected chi connectivity index (χ2v) is 6.14. The van der Waals surface area contributed by atoms with Crippen LogP contribution in [0.1, 0.15) is 29.3 Å². The van der Waals surface area contributed by atoms with Gasteiger partial charge in [0.2, 0.25) is 0 Å². The minimum atomic E-state index is -0.0189. The Labute approximate surface area is 148 Å². The lowest BCUT2D eigenvalue weighted by Gasteiger charge is -2.19. The molecule has 0 radical (unpaired) electrons. The number of benzene rings is 2. The van der Waals surface area contributed by atoms with Crippen LogP contribution >= 0.6 is 0 Å². The van der Waals surface area contributed by atoms with E-state index in [1.165, 1.54) is 0 Å². The molecule has 3 aromatic rings. The SMILES string of the molecule is CCCNc1ncc(C(=O)N(C)Cc2ccccc2)c2ccccc12. The van der Waals surface area contributed by atoms with Crippen molar-refractivity contribution in [3.8, 4) is 0 Å². The van der Waals surface area contributed by atoms with Crippen molar-refractivity contribution < 1.29 is 4.79 Å². The lowest BCUT2D eigenvalue weighted by atomic mass is 10.1. The van der Waals surface area contributed by atoms with E-state index in [1.807, 2.05) is 61.6 Å². The Kier molecular flexibility index (Phi) is 5.29. The zero-order chi connectivity index (χ0) is 17.6. The predicted molar refractivity (Wildman–Crippen MR) is 103 cm³/mol. The first-order valence-electron chi connectivity index (χ1n) is 8.61. The Balaban J connectivity index is 1.91. The topological polar surface area (TPSA) is 45.2 Å². The zero-order valence-electron chi connectivity index (χ0n) is 14.7. The van der Waals surface area contributed by atoms with Gasteiger partial charge in [0, 0.05) is 31.7 Å². The maximum absolute atomic E-state index is 13.0. The number of fused-ring (bicyclic) bond motifs is 1. The second kappa shape index (κ2) is 7.79. The number of carbonyl (C=O) groups is 1. The van der Waals surface area contributed by atoms with Gasteiger partial charge in [0.15, 0.2) is 0 Å². The van der Waals surface area contributed by atoms with E-state index in [2.05, 4.69) is 17.2 Å². The Morgan fingerprint density at radius 3 is 2.44 bits per heavy atom. The van der Waals surface area contributed by atoms with Crippen molar-refractivity contribution in [2.75, 3.05) is 18.9 Å². The van der Waals surface area contributed by atoms with Crippen molar-refractivity contribution in [3.05, 3.63) is 71.9 Å². The number of hydrogen-bond donors (Lipinski definition) is 1. The molecule has 0 aliphatic heterocycles. The molecule has 1 amide bonds. The minimum absolute atomic E-state index is 0.0189. The molecule has 25 heavy (non-hydrogen) atoms. The van der Waals surface area contributed by atoms with Crippen molar-refractivity contribution >= 4 is 22.5 Å². The molecule has 0 bridgehead atoms. The van der Waals surface area contributed by atoms with E-state index in [9.17, 15) is 4.79 Å². The maximum Gasteiger partial charge on any atom is 0.256 e. The van der Waals surface area contributed by atoms with Crippen molar-refractivity contribution in [2.24, 2.45) is 0 Å². The van der Waals surface area contributed by atoms with Crippen LogP contribution in [0.3, 0.4) is 0 Å². The first kappa shape index (κ1) is 17.0. The van der Waals surface area contributed by atoms with E-state index >= 15 is 0 Å². The summed E-state index contributed by atoms with van der Waals surface area (Å²) in [5, 5.41) is 5.25. The van der Waals surface area contributed by atoms with Gasteiger partial charge in [-0.1, -0.05) is 61.5 Å². The van der Waals surface area contributed by atoms with Gasteiger partial charge in [0.05, 0.1) is 5.56 Å². The summed E-state index contributed by atoms with van der Waals surface area (Å²) in [6.07, 6.45) is 2.71. The highest BCUT2D eigenvalue weighted by molar-refractivity contribution is 6.09. The van der Waals surface area contributed by atoms with Gasteiger partial charge < -0.3 is 10.2 Å². The molecule has 0 fully saturated rings. The highest BCUT2D eigenvalue weighted by atomic mass is 16.2. The smallest absolute Gasteiger partial charge is 0.256 e. The number of anilines is 1. The summed E-state index contributed by atoms with van der Waals surface area (Å²) in [6.45, 7) is 3.55. The van der Waals surface area contributed by atoms with Gasteiger partial charge in [-0.3, -0.25) is 4.79 Å². The third-order valence-corrected chi connectivity index (χ3v) is 4.18. The number of nitrogens with zero attached hydrogens (tertiary/aromatic N) is 2. The van der Waals surface area contributed by atoms with Crippen LogP contribution in [0.15, 0.2) is 60.8 Å². The van der Waals surface area contributed by atoms with Crippen LogP contribution in [0.25, 0.3) is 10.8 Å². The lowest BCUT2D eigenvalue weighted by molar-refractivity contribution is 0.0786. The first-order valence-corrected chi connectivity index (χ1v) is 8.61. The molecular formula is C21H23N3O. The van der Waals surface area contributed by atoms with Crippen LogP contribution in [-0.2, 0) is 6.54 Å². The molecule has 1 heterocycles. The molecule has 4 nitrogen and oxygen atoms in total. The van der Waals surface area contributed by atoms with Crippen LogP contribution in [0.4, 0.5) is 5.82 Å². The fourth-order valence-corrected chi connectivity index (χ4v) is 2.88. The monoisotopic (exact) mass is 333 g/mol. The second-order valence-electron chi connectivity index (χ2n) is 6.14. The maximum atomic E-state index is 13.0. The molecule has 0 atom stereocenters. The normalized spacial score (nSPS) is 10.6. The van der Waals surface area contributed by atoms with E-state index in [0.717, 1.165) is 35.1 Å². The average Bonchev–Trinajstić information content (AvgIpc) is 2.66. The lowest BCUT2D eigenvalue weighted by Crippen LogP contribution is -2.26. The predicted octanol–water partition coefficient (Wildman–Crippen LogP) is 4.33. The highest BCUT2D eigenvalue weighted by Crippen LogP contribution is 2.25. The quantitative estimate of drug-likeness (QED) is 0.730. The number of rotatable bonds is 6. The summed E-state index contributed by atoms with van der Waals surface area (Å²) in [6, 6.07) is 17.9. The first-order chi connectivity index (χ1) is 12.2. The van der Waals surface area contributed by atoms with Crippen LogP contribution in [0.5, 0.6) is 0 Å². The van der Waals surface area contributed by atoms with Gasteiger partial charge in [-0.25, -0.2) is 4.98 Å². The van der Waals surface area contributed by atoms with Gasteiger partial charge in [-0.15, -0.1) is 0 Å². The molecule has 128 valence electrons. The molecule has 0 aliphatic rings. The molecule has 3 rings (SSSR count). The third-order valence-electron chi connectivity index (χ3n) is 4.18. The van der Waals surface area contributed by atoms with Gasteiger partial charge in [-0.2, -0.15) is 0 Å². The number of carbonyl (C=O) groups excluding carboxylic acids is 1. The number of hydrogen-bond acceptors (Lipinski definition) is 3. The van der Waals surface area contributed by atoms with Crippen LogP contribution < -0.4 is 5.32 Å².